The van der Waals surface area contributed by atoms with Gasteiger partial charge in [0.1, 0.15) is 5.02 Å². The number of fused-ring (bicyclic) bond motifs is 2. The SMILES string of the molecule is O=C1C(=C2c3ccccc3C(=O)C2c2cc(Cl)c([N+](=O)[O-])cc2[N+](=O)[O-])C(=O)c2ccccc21. The molecule has 0 fully saturated rings. The smallest absolute Gasteiger partial charge is 0.293 e. The number of hydrogen-bond donors (Lipinski definition) is 0. The fourth-order valence-corrected chi connectivity index (χ4v) is 4.78. The second kappa shape index (κ2) is 7.53. The minimum atomic E-state index is -1.42. The first-order valence-electron chi connectivity index (χ1n) is 9.90. The van der Waals surface area contributed by atoms with Crippen molar-refractivity contribution < 1.29 is 24.2 Å². The summed E-state index contributed by atoms with van der Waals surface area (Å²) in [5, 5.41) is 22.7. The summed E-state index contributed by atoms with van der Waals surface area (Å²) in [6.45, 7) is 0. The van der Waals surface area contributed by atoms with Gasteiger partial charge in [0.25, 0.3) is 11.4 Å². The number of carbonyl (C=O) groups excluding carboxylic acids is 3. The van der Waals surface area contributed by atoms with E-state index in [1.165, 1.54) is 18.2 Å². The van der Waals surface area contributed by atoms with Crippen LogP contribution in [0.25, 0.3) is 5.57 Å². The number of nitro groups is 2. The minimum absolute atomic E-state index is 0.0276. The third-order valence-electron chi connectivity index (χ3n) is 5.97. The van der Waals surface area contributed by atoms with Crippen molar-refractivity contribution in [3.63, 3.8) is 0 Å². The fourth-order valence-electron chi connectivity index (χ4n) is 4.54. The summed E-state index contributed by atoms with van der Waals surface area (Å²) >= 11 is 6.05. The van der Waals surface area contributed by atoms with Crippen LogP contribution < -0.4 is 0 Å². The van der Waals surface area contributed by atoms with Crippen LogP contribution in [0.5, 0.6) is 0 Å². The van der Waals surface area contributed by atoms with Gasteiger partial charge in [-0.25, -0.2) is 0 Å². The van der Waals surface area contributed by atoms with E-state index in [2.05, 4.69) is 0 Å². The van der Waals surface area contributed by atoms with Crippen molar-refractivity contribution in [1.82, 2.24) is 0 Å². The highest BCUT2D eigenvalue weighted by Gasteiger charge is 2.46. The zero-order valence-corrected chi connectivity index (χ0v) is 17.7. The maximum atomic E-state index is 13.5. The van der Waals surface area contributed by atoms with Crippen LogP contribution in [0.2, 0.25) is 5.02 Å². The lowest BCUT2D eigenvalue weighted by molar-refractivity contribution is -0.394. The second-order valence-corrected chi connectivity index (χ2v) is 8.12. The Morgan fingerprint density at radius 3 is 1.74 bits per heavy atom. The lowest BCUT2D eigenvalue weighted by atomic mass is 9.85. The Bertz CT molecular complexity index is 1500. The van der Waals surface area contributed by atoms with Crippen LogP contribution >= 0.6 is 11.6 Å². The summed E-state index contributed by atoms with van der Waals surface area (Å²) < 4.78 is 0. The number of benzene rings is 3. The highest BCUT2D eigenvalue weighted by molar-refractivity contribution is 6.44. The first kappa shape index (κ1) is 21.4. The Labute approximate surface area is 195 Å². The summed E-state index contributed by atoms with van der Waals surface area (Å²) in [4.78, 5) is 61.5. The van der Waals surface area contributed by atoms with E-state index >= 15 is 0 Å². The predicted molar refractivity (Wildman–Crippen MR) is 120 cm³/mol. The van der Waals surface area contributed by atoms with E-state index in [1.807, 2.05) is 0 Å². The van der Waals surface area contributed by atoms with E-state index in [0.29, 0.717) is 11.6 Å². The Balaban J connectivity index is 1.85. The van der Waals surface area contributed by atoms with Gasteiger partial charge >= 0.3 is 0 Å². The molecule has 1 atom stereocenters. The molecule has 34 heavy (non-hydrogen) atoms. The lowest BCUT2D eigenvalue weighted by Crippen LogP contribution is -2.14. The molecule has 10 heteroatoms. The standard InChI is InChI=1S/C24H11ClN2O7/c25-16-9-15(17(26(31)32)10-18(16)27(33)34)20-19(11-5-1-2-6-12(11)22(20)28)21-23(29)13-7-3-4-8-14(13)24(21)30/h1-10,20H. The molecule has 2 aliphatic rings. The molecule has 0 amide bonds. The van der Waals surface area contributed by atoms with Crippen LogP contribution in [0.4, 0.5) is 11.4 Å². The van der Waals surface area contributed by atoms with Crippen LogP contribution in [-0.4, -0.2) is 27.2 Å². The molecule has 3 aromatic carbocycles. The quantitative estimate of drug-likeness (QED) is 0.226. The Morgan fingerprint density at radius 2 is 1.21 bits per heavy atom. The van der Waals surface area contributed by atoms with E-state index in [-0.39, 0.29) is 33.4 Å². The molecule has 9 nitrogen and oxygen atoms in total. The lowest BCUT2D eigenvalue weighted by Gasteiger charge is -2.15. The van der Waals surface area contributed by atoms with Gasteiger partial charge in [0.2, 0.25) is 0 Å². The molecule has 0 spiro atoms. The molecule has 5 rings (SSSR count). The number of nitro benzene ring substituents is 2. The zero-order valence-electron chi connectivity index (χ0n) is 17.0. The minimum Gasteiger partial charge on any atom is -0.293 e. The molecule has 0 aromatic heterocycles. The number of Topliss-reactive ketones (excluding diaryl/α,β-unsaturated/α-hetero) is 3. The average molecular weight is 475 g/mol. The van der Waals surface area contributed by atoms with Gasteiger partial charge in [0, 0.05) is 22.3 Å². The molecule has 0 heterocycles. The molecule has 0 radical (unpaired) electrons. The Morgan fingerprint density at radius 1 is 0.706 bits per heavy atom. The van der Waals surface area contributed by atoms with Crippen molar-refractivity contribution in [2.24, 2.45) is 0 Å². The Kier molecular flexibility index (Phi) is 4.73. The summed E-state index contributed by atoms with van der Waals surface area (Å²) in [5.74, 6) is -3.20. The predicted octanol–water partition coefficient (Wildman–Crippen LogP) is 4.97. The van der Waals surface area contributed by atoms with Crippen molar-refractivity contribution >= 4 is 45.9 Å². The normalized spacial score (nSPS) is 16.6. The van der Waals surface area contributed by atoms with Crippen molar-refractivity contribution in [3.05, 3.63) is 119 Å². The van der Waals surface area contributed by atoms with Gasteiger partial charge in [-0.05, 0) is 17.2 Å². The van der Waals surface area contributed by atoms with Crippen molar-refractivity contribution in [2.45, 2.75) is 5.92 Å². The van der Waals surface area contributed by atoms with Crippen LogP contribution in [0.15, 0.2) is 66.2 Å². The van der Waals surface area contributed by atoms with Crippen LogP contribution in [-0.2, 0) is 0 Å². The molecule has 2 aliphatic carbocycles. The molecule has 0 bridgehead atoms. The van der Waals surface area contributed by atoms with Crippen molar-refractivity contribution in [1.29, 1.82) is 0 Å². The highest BCUT2D eigenvalue weighted by Crippen LogP contribution is 2.50. The average Bonchev–Trinajstić information content (AvgIpc) is 3.23. The first-order valence-corrected chi connectivity index (χ1v) is 10.3. The molecule has 166 valence electrons. The van der Waals surface area contributed by atoms with Crippen LogP contribution in [0, 0.1) is 20.2 Å². The molecular weight excluding hydrogens is 464 g/mol. The molecule has 0 saturated carbocycles. The third kappa shape index (κ3) is 2.91. The van der Waals surface area contributed by atoms with E-state index in [0.717, 1.165) is 6.07 Å². The van der Waals surface area contributed by atoms with Gasteiger partial charge in [-0.3, -0.25) is 34.6 Å². The molecule has 0 aliphatic heterocycles. The number of hydrogen-bond acceptors (Lipinski definition) is 7. The first-order chi connectivity index (χ1) is 16.2. The number of ketones is 3. The van der Waals surface area contributed by atoms with E-state index < -0.39 is 49.5 Å². The maximum Gasteiger partial charge on any atom is 0.294 e. The van der Waals surface area contributed by atoms with E-state index in [4.69, 9.17) is 11.6 Å². The monoisotopic (exact) mass is 474 g/mol. The van der Waals surface area contributed by atoms with Gasteiger partial charge in [0.05, 0.1) is 27.4 Å². The third-order valence-corrected chi connectivity index (χ3v) is 6.28. The van der Waals surface area contributed by atoms with E-state index in [1.54, 1.807) is 30.3 Å². The second-order valence-electron chi connectivity index (χ2n) is 7.71. The van der Waals surface area contributed by atoms with Gasteiger partial charge in [-0.2, -0.15) is 0 Å². The summed E-state index contributed by atoms with van der Waals surface area (Å²) in [6, 6.07) is 14.1. The Hall–Kier alpha value is -4.50. The van der Waals surface area contributed by atoms with Crippen molar-refractivity contribution in [3.8, 4) is 0 Å². The molecule has 0 N–H and O–H groups in total. The number of carbonyl (C=O) groups is 3. The highest BCUT2D eigenvalue weighted by atomic mass is 35.5. The molecule has 3 aromatic rings. The van der Waals surface area contributed by atoms with Crippen LogP contribution in [0.1, 0.15) is 48.1 Å². The number of halogens is 1. The van der Waals surface area contributed by atoms with Gasteiger partial charge in [-0.15, -0.1) is 0 Å². The number of allylic oxidation sites excluding steroid dienone is 2. The summed E-state index contributed by atoms with van der Waals surface area (Å²) in [7, 11) is 0. The van der Waals surface area contributed by atoms with E-state index in [9.17, 15) is 34.6 Å². The molecular formula is C24H11ClN2O7. The van der Waals surface area contributed by atoms with Gasteiger partial charge in [0.15, 0.2) is 17.3 Å². The summed E-state index contributed by atoms with van der Waals surface area (Å²) in [6.07, 6.45) is 0. The number of nitrogens with zero attached hydrogens (tertiary/aromatic N) is 2. The maximum absolute atomic E-state index is 13.5. The van der Waals surface area contributed by atoms with Crippen LogP contribution in [0.3, 0.4) is 0 Å². The van der Waals surface area contributed by atoms with Crippen molar-refractivity contribution in [2.75, 3.05) is 0 Å². The van der Waals surface area contributed by atoms with Gasteiger partial charge < -0.3 is 0 Å². The topological polar surface area (TPSA) is 137 Å². The fraction of sp³-hybridized carbons (Fsp3) is 0.0417. The summed E-state index contributed by atoms with van der Waals surface area (Å²) in [5.41, 5.74) is -1.07. The largest absolute Gasteiger partial charge is 0.294 e. The zero-order chi connectivity index (χ0) is 24.3. The molecule has 0 saturated heterocycles. The number of rotatable bonds is 3. The van der Waals surface area contributed by atoms with Gasteiger partial charge in [-0.1, -0.05) is 60.1 Å². The molecule has 1 unspecified atom stereocenters.